The van der Waals surface area contributed by atoms with E-state index in [2.05, 4.69) is 15.0 Å². The first-order chi connectivity index (χ1) is 12.3. The van der Waals surface area contributed by atoms with Crippen LogP contribution in [0.2, 0.25) is 0 Å². The van der Waals surface area contributed by atoms with Crippen molar-refractivity contribution >= 4 is 9.84 Å². The van der Waals surface area contributed by atoms with Gasteiger partial charge < -0.3 is 9.30 Å². The van der Waals surface area contributed by atoms with Crippen LogP contribution in [0, 0.1) is 6.92 Å². The highest BCUT2D eigenvalue weighted by Gasteiger charge is 2.22. The number of pyridine rings is 1. The monoisotopic (exact) mass is 394 g/mol. The predicted octanol–water partition coefficient (Wildman–Crippen LogP) is 2.05. The van der Waals surface area contributed by atoms with Crippen LogP contribution in [0.3, 0.4) is 0 Å². The van der Waals surface area contributed by atoms with E-state index in [1.807, 2.05) is 20.8 Å². The second kappa shape index (κ2) is 7.38. The fourth-order valence-corrected chi connectivity index (χ4v) is 3.08. The molecule has 0 aliphatic rings. The molecule has 0 bridgehead atoms. The van der Waals surface area contributed by atoms with Crippen LogP contribution in [-0.2, 0) is 22.6 Å². The van der Waals surface area contributed by atoms with E-state index in [0.29, 0.717) is 11.1 Å². The molecule has 0 aliphatic heterocycles. The van der Waals surface area contributed by atoms with Gasteiger partial charge in [0.15, 0.2) is 21.5 Å². The van der Waals surface area contributed by atoms with Gasteiger partial charge in [-0.15, -0.1) is 0 Å². The van der Waals surface area contributed by atoms with E-state index >= 15 is 0 Å². The Labute approximate surface area is 159 Å². The standard InChI is InChI=1S/C18H26N4O4S/c1-11(2)27(24,25)10-14-19-15(21-17(20-14)26-18(4,5)6)13-8-12(3)16(23)22(7)9-13/h8-9,11H,10H2,1-7H3. The summed E-state index contributed by atoms with van der Waals surface area (Å²) in [7, 11) is -1.76. The van der Waals surface area contributed by atoms with Gasteiger partial charge in [-0.2, -0.15) is 9.97 Å². The lowest BCUT2D eigenvalue weighted by atomic mass is 10.2. The van der Waals surface area contributed by atoms with E-state index in [1.54, 1.807) is 40.1 Å². The minimum absolute atomic E-state index is 0.0490. The van der Waals surface area contributed by atoms with Gasteiger partial charge in [0, 0.05) is 24.4 Å². The fraction of sp³-hybridized carbons (Fsp3) is 0.556. The third-order valence-corrected chi connectivity index (χ3v) is 5.82. The second-order valence-corrected chi connectivity index (χ2v) is 10.3. The number of aryl methyl sites for hydroxylation is 2. The van der Waals surface area contributed by atoms with Crippen LogP contribution in [0.1, 0.15) is 46.0 Å². The van der Waals surface area contributed by atoms with E-state index in [1.165, 1.54) is 4.57 Å². The van der Waals surface area contributed by atoms with Gasteiger partial charge in [0.25, 0.3) is 5.56 Å². The Balaban J connectivity index is 2.61. The molecule has 0 saturated carbocycles. The van der Waals surface area contributed by atoms with Gasteiger partial charge in [-0.1, -0.05) is 0 Å². The van der Waals surface area contributed by atoms with Gasteiger partial charge in [0.1, 0.15) is 11.4 Å². The molecule has 0 aromatic carbocycles. The molecule has 2 aromatic heterocycles. The molecule has 0 unspecified atom stereocenters. The van der Waals surface area contributed by atoms with Gasteiger partial charge in [-0.05, 0) is 47.6 Å². The van der Waals surface area contributed by atoms with Crippen LogP contribution in [0.15, 0.2) is 17.1 Å². The first-order valence-electron chi connectivity index (χ1n) is 8.62. The zero-order valence-corrected chi connectivity index (χ0v) is 17.6. The SMILES string of the molecule is Cc1cc(-c2nc(CS(=O)(=O)C(C)C)nc(OC(C)(C)C)n2)cn(C)c1=O. The summed E-state index contributed by atoms with van der Waals surface area (Å²) in [6, 6.07) is 1.71. The summed E-state index contributed by atoms with van der Waals surface area (Å²) in [4.78, 5) is 24.8. The highest BCUT2D eigenvalue weighted by atomic mass is 32.2. The zero-order valence-electron chi connectivity index (χ0n) is 16.8. The quantitative estimate of drug-likeness (QED) is 0.764. The van der Waals surface area contributed by atoms with E-state index in [4.69, 9.17) is 4.74 Å². The fourth-order valence-electron chi connectivity index (χ4n) is 2.26. The molecule has 0 amide bonds. The Bertz CT molecular complexity index is 979. The van der Waals surface area contributed by atoms with E-state index in [0.717, 1.165) is 0 Å². The molecular formula is C18H26N4O4S. The topological polar surface area (TPSA) is 104 Å². The third kappa shape index (κ3) is 5.35. The van der Waals surface area contributed by atoms with Crippen molar-refractivity contribution in [2.75, 3.05) is 0 Å². The van der Waals surface area contributed by atoms with E-state index in [-0.39, 0.29) is 29.0 Å². The molecule has 2 aromatic rings. The molecular weight excluding hydrogens is 368 g/mol. The van der Waals surface area contributed by atoms with Crippen LogP contribution in [0.4, 0.5) is 0 Å². The number of hydrogen-bond acceptors (Lipinski definition) is 7. The maximum absolute atomic E-state index is 12.3. The number of nitrogens with zero attached hydrogens (tertiary/aromatic N) is 4. The smallest absolute Gasteiger partial charge is 0.320 e. The molecule has 2 rings (SSSR count). The first-order valence-corrected chi connectivity index (χ1v) is 10.3. The third-order valence-electron chi connectivity index (χ3n) is 3.73. The molecule has 2 heterocycles. The summed E-state index contributed by atoms with van der Waals surface area (Å²) in [5.41, 5.74) is 0.428. The zero-order chi connectivity index (χ0) is 20.6. The normalized spacial score (nSPS) is 12.4. The van der Waals surface area contributed by atoms with Gasteiger partial charge in [0.2, 0.25) is 0 Å². The van der Waals surface area contributed by atoms with Crippen molar-refractivity contribution in [1.82, 2.24) is 19.5 Å². The summed E-state index contributed by atoms with van der Waals surface area (Å²) >= 11 is 0. The van der Waals surface area contributed by atoms with Crippen LogP contribution in [-0.4, -0.2) is 38.8 Å². The highest BCUT2D eigenvalue weighted by Crippen LogP contribution is 2.21. The summed E-state index contributed by atoms with van der Waals surface area (Å²) < 4.78 is 31.8. The molecule has 0 saturated heterocycles. The molecule has 0 spiro atoms. The number of rotatable bonds is 5. The molecule has 0 fully saturated rings. The average molecular weight is 394 g/mol. The summed E-state index contributed by atoms with van der Waals surface area (Å²) in [5, 5.41) is -0.551. The Kier molecular flexibility index (Phi) is 5.74. The molecule has 0 N–H and O–H groups in total. The molecule has 27 heavy (non-hydrogen) atoms. The summed E-state index contributed by atoms with van der Waals surface area (Å²) in [5.74, 6) is 0.0576. The largest absolute Gasteiger partial charge is 0.458 e. The molecule has 0 atom stereocenters. The molecule has 8 nitrogen and oxygen atoms in total. The minimum atomic E-state index is -3.40. The van der Waals surface area contributed by atoms with Gasteiger partial charge >= 0.3 is 6.01 Å². The Morgan fingerprint density at radius 3 is 2.33 bits per heavy atom. The van der Waals surface area contributed by atoms with Gasteiger partial charge in [0.05, 0.1) is 5.25 Å². The van der Waals surface area contributed by atoms with Crippen molar-refractivity contribution in [1.29, 1.82) is 0 Å². The first kappa shape index (κ1) is 21.0. The number of ether oxygens (including phenoxy) is 1. The lowest BCUT2D eigenvalue weighted by Gasteiger charge is -2.20. The lowest BCUT2D eigenvalue weighted by Crippen LogP contribution is -2.25. The van der Waals surface area contributed by atoms with Crippen LogP contribution >= 0.6 is 0 Å². The van der Waals surface area contributed by atoms with Crippen molar-refractivity contribution in [3.63, 3.8) is 0 Å². The molecule has 0 aliphatic carbocycles. The Hall–Kier alpha value is -2.29. The van der Waals surface area contributed by atoms with Crippen molar-refractivity contribution in [2.45, 2.75) is 58.1 Å². The number of aromatic nitrogens is 4. The maximum Gasteiger partial charge on any atom is 0.320 e. The molecule has 148 valence electrons. The van der Waals surface area contributed by atoms with Crippen molar-refractivity contribution in [3.8, 4) is 17.4 Å². The Morgan fingerprint density at radius 2 is 1.81 bits per heavy atom. The number of sulfone groups is 1. The van der Waals surface area contributed by atoms with Gasteiger partial charge in [-0.3, -0.25) is 4.79 Å². The van der Waals surface area contributed by atoms with Crippen molar-refractivity contribution < 1.29 is 13.2 Å². The maximum atomic E-state index is 12.3. The minimum Gasteiger partial charge on any atom is -0.458 e. The lowest BCUT2D eigenvalue weighted by molar-refractivity contribution is 0.116. The highest BCUT2D eigenvalue weighted by molar-refractivity contribution is 7.91. The van der Waals surface area contributed by atoms with Crippen molar-refractivity contribution in [2.24, 2.45) is 7.05 Å². The van der Waals surface area contributed by atoms with Gasteiger partial charge in [-0.25, -0.2) is 13.4 Å². The van der Waals surface area contributed by atoms with E-state index < -0.39 is 20.7 Å². The number of hydrogen-bond donors (Lipinski definition) is 0. The summed E-state index contributed by atoms with van der Waals surface area (Å²) in [6.45, 7) is 10.5. The Morgan fingerprint density at radius 1 is 1.19 bits per heavy atom. The second-order valence-electron chi connectivity index (χ2n) is 7.76. The van der Waals surface area contributed by atoms with Crippen molar-refractivity contribution in [3.05, 3.63) is 34.0 Å². The molecule has 0 radical (unpaired) electrons. The summed E-state index contributed by atoms with van der Waals surface area (Å²) in [6.07, 6.45) is 1.60. The van der Waals surface area contributed by atoms with E-state index in [9.17, 15) is 13.2 Å². The molecule has 9 heteroatoms. The van der Waals surface area contributed by atoms with Crippen LogP contribution in [0.25, 0.3) is 11.4 Å². The van der Waals surface area contributed by atoms with Crippen LogP contribution < -0.4 is 10.3 Å². The predicted molar refractivity (Wildman–Crippen MR) is 103 cm³/mol. The average Bonchev–Trinajstić information content (AvgIpc) is 2.49. The van der Waals surface area contributed by atoms with Crippen LogP contribution in [0.5, 0.6) is 6.01 Å².